The van der Waals surface area contributed by atoms with Crippen LogP contribution in [0.25, 0.3) is 0 Å². The van der Waals surface area contributed by atoms with Gasteiger partial charge in [-0.25, -0.2) is 4.72 Å². The van der Waals surface area contributed by atoms with Gasteiger partial charge in [0.05, 0.1) is 4.88 Å². The molecule has 0 spiro atoms. The molecule has 0 bridgehead atoms. The summed E-state index contributed by atoms with van der Waals surface area (Å²) in [4.78, 5) is 15.7. The Bertz CT molecular complexity index is 1220. The van der Waals surface area contributed by atoms with E-state index in [1.165, 1.54) is 23.1 Å². The zero-order valence-electron chi connectivity index (χ0n) is 23.0. The third kappa shape index (κ3) is 7.63. The fraction of sp³-hybridized carbons (Fsp3) is 0.607. The Morgan fingerprint density at radius 1 is 1.22 bits per heavy atom. The van der Waals surface area contributed by atoms with E-state index in [-0.39, 0.29) is 18.9 Å². The second-order valence-corrected chi connectivity index (χ2v) is 13.5. The smallest absolute Gasteiger partial charge is 0.276 e. The van der Waals surface area contributed by atoms with Gasteiger partial charge in [0.2, 0.25) is 0 Å². The van der Waals surface area contributed by atoms with Gasteiger partial charge in [-0.2, -0.15) is 13.1 Å². The summed E-state index contributed by atoms with van der Waals surface area (Å²) >= 11 is 1.71. The SMILES string of the molecule is CCc1cc(CCC(=O)c2sc(CC)c3c2CCC(C)(C)C3)cc(C)c1OCC(O)CNS(=O)(=O)NC. The van der Waals surface area contributed by atoms with Crippen LogP contribution in [0.1, 0.15) is 82.9 Å². The normalized spacial score (nSPS) is 15.9. The van der Waals surface area contributed by atoms with Crippen molar-refractivity contribution >= 4 is 27.3 Å². The Morgan fingerprint density at radius 3 is 2.59 bits per heavy atom. The summed E-state index contributed by atoms with van der Waals surface area (Å²) in [6.07, 6.45) is 5.06. The minimum Gasteiger partial charge on any atom is -0.490 e. The number of ketones is 1. The third-order valence-corrected chi connectivity index (χ3v) is 9.66. The van der Waals surface area contributed by atoms with Crippen LogP contribution < -0.4 is 14.2 Å². The van der Waals surface area contributed by atoms with E-state index in [4.69, 9.17) is 4.74 Å². The molecule has 0 fully saturated rings. The monoisotopic (exact) mass is 550 g/mol. The van der Waals surface area contributed by atoms with Gasteiger partial charge in [-0.15, -0.1) is 11.3 Å². The highest BCUT2D eigenvalue weighted by Gasteiger charge is 2.31. The molecule has 7 nitrogen and oxygen atoms in total. The third-order valence-electron chi connectivity index (χ3n) is 7.11. The molecule has 0 radical (unpaired) electrons. The number of hydrogen-bond acceptors (Lipinski definition) is 6. The van der Waals surface area contributed by atoms with Crippen molar-refractivity contribution in [2.45, 2.75) is 85.7 Å². The van der Waals surface area contributed by atoms with Crippen molar-refractivity contribution in [3.05, 3.63) is 49.7 Å². The average Bonchev–Trinajstić information content (AvgIpc) is 3.21. The zero-order chi connectivity index (χ0) is 27.4. The molecule has 206 valence electrons. The lowest BCUT2D eigenvalue weighted by Crippen LogP contribution is -2.40. The van der Waals surface area contributed by atoms with Gasteiger partial charge < -0.3 is 9.84 Å². The first-order valence-electron chi connectivity index (χ1n) is 13.2. The van der Waals surface area contributed by atoms with Gasteiger partial charge >= 0.3 is 0 Å². The fourth-order valence-corrected chi connectivity index (χ4v) is 6.82. The Kier molecular flexibility index (Phi) is 9.97. The summed E-state index contributed by atoms with van der Waals surface area (Å²) in [5, 5.41) is 10.1. The Balaban J connectivity index is 1.66. The lowest BCUT2D eigenvalue weighted by Gasteiger charge is -2.30. The number of fused-ring (bicyclic) bond motifs is 1. The summed E-state index contributed by atoms with van der Waals surface area (Å²) < 4.78 is 33.3. The molecular formula is C28H42N2O5S2. The molecule has 1 heterocycles. The Morgan fingerprint density at radius 2 is 1.95 bits per heavy atom. The summed E-state index contributed by atoms with van der Waals surface area (Å²) in [6.45, 7) is 10.6. The number of ether oxygens (including phenoxy) is 1. The van der Waals surface area contributed by atoms with Gasteiger partial charge in [0.25, 0.3) is 10.2 Å². The van der Waals surface area contributed by atoms with Gasteiger partial charge in [0.15, 0.2) is 5.78 Å². The lowest BCUT2D eigenvalue weighted by atomic mass is 9.74. The molecule has 3 N–H and O–H groups in total. The van der Waals surface area contributed by atoms with Gasteiger partial charge in [-0.05, 0) is 78.7 Å². The quantitative estimate of drug-likeness (QED) is 0.323. The van der Waals surface area contributed by atoms with Gasteiger partial charge in [0, 0.05) is 24.9 Å². The molecule has 2 aromatic rings. The van der Waals surface area contributed by atoms with Crippen molar-refractivity contribution in [2.24, 2.45) is 5.41 Å². The van der Waals surface area contributed by atoms with Gasteiger partial charge in [-0.3, -0.25) is 4.79 Å². The Hall–Kier alpha value is -1.78. The fourth-order valence-electron chi connectivity index (χ4n) is 4.99. The van der Waals surface area contributed by atoms with Crippen molar-refractivity contribution in [3.8, 4) is 5.75 Å². The van der Waals surface area contributed by atoms with E-state index < -0.39 is 16.3 Å². The molecule has 1 unspecified atom stereocenters. The number of Topliss-reactive ketones (excluding diaryl/α,β-unsaturated/α-hetero) is 1. The zero-order valence-corrected chi connectivity index (χ0v) is 24.6. The van der Waals surface area contributed by atoms with Crippen molar-refractivity contribution in [1.82, 2.24) is 9.44 Å². The van der Waals surface area contributed by atoms with Crippen molar-refractivity contribution < 1.29 is 23.1 Å². The topological polar surface area (TPSA) is 105 Å². The second kappa shape index (κ2) is 12.4. The van der Waals surface area contributed by atoms with Crippen LogP contribution in [-0.4, -0.2) is 45.6 Å². The molecule has 1 aromatic heterocycles. The minimum absolute atomic E-state index is 0.0298. The molecule has 1 aromatic carbocycles. The van der Waals surface area contributed by atoms with Crippen molar-refractivity contribution in [1.29, 1.82) is 0 Å². The highest BCUT2D eigenvalue weighted by molar-refractivity contribution is 7.87. The predicted molar refractivity (Wildman–Crippen MR) is 150 cm³/mol. The number of nitrogens with one attached hydrogen (secondary N) is 2. The van der Waals surface area contributed by atoms with Crippen LogP contribution in [0.3, 0.4) is 0 Å². The molecule has 3 rings (SSSR count). The molecule has 0 aliphatic heterocycles. The van der Waals surface area contributed by atoms with E-state index >= 15 is 0 Å². The second-order valence-electron chi connectivity index (χ2n) is 10.7. The van der Waals surface area contributed by atoms with Crippen LogP contribution >= 0.6 is 11.3 Å². The first-order chi connectivity index (χ1) is 17.4. The number of aliphatic hydroxyl groups is 1. The maximum Gasteiger partial charge on any atom is 0.276 e. The van der Waals surface area contributed by atoms with Crippen molar-refractivity contribution in [3.63, 3.8) is 0 Å². The number of aliphatic hydroxyl groups excluding tert-OH is 1. The molecule has 1 aliphatic rings. The maximum absolute atomic E-state index is 13.3. The minimum atomic E-state index is -3.61. The van der Waals surface area contributed by atoms with E-state index in [1.807, 2.05) is 19.9 Å². The highest BCUT2D eigenvalue weighted by atomic mass is 32.2. The van der Waals surface area contributed by atoms with E-state index in [2.05, 4.69) is 36.3 Å². The number of aryl methyl sites for hydroxylation is 4. The van der Waals surface area contributed by atoms with E-state index in [0.29, 0.717) is 24.0 Å². The largest absolute Gasteiger partial charge is 0.490 e. The summed E-state index contributed by atoms with van der Waals surface area (Å²) in [6, 6.07) is 4.12. The average molecular weight is 551 g/mol. The molecular weight excluding hydrogens is 508 g/mol. The molecule has 37 heavy (non-hydrogen) atoms. The number of rotatable bonds is 13. The number of carbonyl (C=O) groups is 1. The highest BCUT2D eigenvalue weighted by Crippen LogP contribution is 2.42. The molecule has 1 aliphatic carbocycles. The van der Waals surface area contributed by atoms with Gasteiger partial charge in [-0.1, -0.05) is 39.8 Å². The van der Waals surface area contributed by atoms with Crippen LogP contribution in [0.2, 0.25) is 0 Å². The first-order valence-corrected chi connectivity index (χ1v) is 15.5. The number of hydrogen-bond donors (Lipinski definition) is 3. The maximum atomic E-state index is 13.3. The molecule has 9 heteroatoms. The number of carbonyl (C=O) groups excluding carboxylic acids is 1. The van der Waals surface area contributed by atoms with Crippen molar-refractivity contribution in [2.75, 3.05) is 20.2 Å². The molecule has 0 amide bonds. The molecule has 1 atom stereocenters. The first kappa shape index (κ1) is 29.8. The Labute approximate surface area is 226 Å². The number of benzene rings is 1. The van der Waals surface area contributed by atoms with E-state index in [0.717, 1.165) is 53.7 Å². The van der Waals surface area contributed by atoms with Gasteiger partial charge in [0.1, 0.15) is 18.5 Å². The van der Waals surface area contributed by atoms with E-state index in [1.54, 1.807) is 11.3 Å². The molecule has 0 saturated carbocycles. The summed E-state index contributed by atoms with van der Waals surface area (Å²) in [7, 11) is -2.31. The van der Waals surface area contributed by atoms with Crippen LogP contribution in [0, 0.1) is 12.3 Å². The van der Waals surface area contributed by atoms with Crippen LogP contribution in [0.15, 0.2) is 12.1 Å². The summed E-state index contributed by atoms with van der Waals surface area (Å²) in [5.74, 6) is 0.944. The predicted octanol–water partition coefficient (Wildman–Crippen LogP) is 4.31. The van der Waals surface area contributed by atoms with Crippen LogP contribution in [-0.2, 0) is 42.3 Å². The molecule has 0 saturated heterocycles. The van der Waals surface area contributed by atoms with Crippen LogP contribution in [0.4, 0.5) is 0 Å². The number of thiophene rings is 1. The lowest BCUT2D eigenvalue weighted by molar-refractivity contribution is 0.0985. The standard InChI is InChI=1S/C28H42N2O5S2/c1-7-20-14-19(13-18(3)26(20)35-17-21(31)16-30-37(33,34)29-6)9-10-24(32)27-22-11-12-28(4,5)15-23(22)25(8-2)36-27/h13-14,21,29-31H,7-12,15-17H2,1-6H3. The van der Waals surface area contributed by atoms with Crippen LogP contribution in [0.5, 0.6) is 5.75 Å². The summed E-state index contributed by atoms with van der Waals surface area (Å²) in [5.41, 5.74) is 6.07. The van der Waals surface area contributed by atoms with E-state index in [9.17, 15) is 18.3 Å².